The maximum atomic E-state index is 11.6. The maximum Gasteiger partial charge on any atom is 0.240 e. The second-order valence-electron chi connectivity index (χ2n) is 5.72. The van der Waals surface area contributed by atoms with E-state index in [1.165, 1.54) is 32.7 Å². The molecule has 2 N–H and O–H groups in total. The number of nitrogens with one attached hydrogen (secondary N) is 2. The third kappa shape index (κ3) is 2.62. The van der Waals surface area contributed by atoms with Gasteiger partial charge in [-0.3, -0.25) is 0 Å². The number of sulfonamides is 1. The maximum absolute atomic E-state index is 11.6. The summed E-state index contributed by atoms with van der Waals surface area (Å²) in [6.45, 7) is 1.02. The summed E-state index contributed by atoms with van der Waals surface area (Å²) in [5.41, 5.74) is 1.55. The summed E-state index contributed by atoms with van der Waals surface area (Å²) in [7, 11) is -1.90. The van der Waals surface area contributed by atoms with Gasteiger partial charge in [-0.2, -0.15) is 0 Å². The fourth-order valence-electron chi connectivity index (χ4n) is 2.73. The Morgan fingerprint density at radius 1 is 1.21 bits per heavy atom. The quantitative estimate of drug-likeness (QED) is 0.840. The van der Waals surface area contributed by atoms with Gasteiger partial charge in [0, 0.05) is 12.2 Å². The molecule has 2 fully saturated rings. The van der Waals surface area contributed by atoms with Crippen molar-refractivity contribution in [1.82, 2.24) is 4.72 Å². The van der Waals surface area contributed by atoms with Gasteiger partial charge in [0.25, 0.3) is 0 Å². The lowest BCUT2D eigenvalue weighted by Crippen LogP contribution is -2.19. The van der Waals surface area contributed by atoms with Crippen LogP contribution in [-0.4, -0.2) is 22.0 Å². The first-order valence-electron chi connectivity index (χ1n) is 6.83. The van der Waals surface area contributed by atoms with Crippen molar-refractivity contribution in [2.24, 2.45) is 11.3 Å². The zero-order chi connectivity index (χ0) is 13.5. The fourth-order valence-corrected chi connectivity index (χ4v) is 3.46. The molecule has 0 radical (unpaired) electrons. The summed E-state index contributed by atoms with van der Waals surface area (Å²) < 4.78 is 25.5. The van der Waals surface area contributed by atoms with Crippen molar-refractivity contribution in [3.8, 4) is 0 Å². The van der Waals surface area contributed by atoms with Crippen molar-refractivity contribution in [1.29, 1.82) is 0 Å². The van der Waals surface area contributed by atoms with Crippen molar-refractivity contribution in [3.63, 3.8) is 0 Å². The summed E-state index contributed by atoms with van der Waals surface area (Å²) in [4.78, 5) is 0.309. The Hall–Kier alpha value is -1.07. The van der Waals surface area contributed by atoms with Crippen molar-refractivity contribution in [2.45, 2.75) is 30.6 Å². The Morgan fingerprint density at radius 2 is 1.84 bits per heavy atom. The van der Waals surface area contributed by atoms with Gasteiger partial charge in [0.05, 0.1) is 4.90 Å². The fraction of sp³-hybridized carbons (Fsp3) is 0.571. The van der Waals surface area contributed by atoms with Gasteiger partial charge < -0.3 is 5.32 Å². The minimum Gasteiger partial charge on any atom is -0.384 e. The summed E-state index contributed by atoms with van der Waals surface area (Å²) in [6.07, 6.45) is 5.47. The van der Waals surface area contributed by atoms with Crippen LogP contribution in [0.2, 0.25) is 0 Å². The van der Waals surface area contributed by atoms with Gasteiger partial charge in [-0.25, -0.2) is 13.1 Å². The van der Waals surface area contributed by atoms with E-state index in [1.807, 2.05) is 12.1 Å². The van der Waals surface area contributed by atoms with E-state index < -0.39 is 10.0 Å². The molecule has 0 saturated heterocycles. The average molecular weight is 280 g/mol. The van der Waals surface area contributed by atoms with Crippen LogP contribution in [0, 0.1) is 11.3 Å². The lowest BCUT2D eigenvalue weighted by Gasteiger charge is -2.16. The van der Waals surface area contributed by atoms with Crippen LogP contribution in [0.4, 0.5) is 5.69 Å². The molecule has 19 heavy (non-hydrogen) atoms. The average Bonchev–Trinajstić information content (AvgIpc) is 3.29. The van der Waals surface area contributed by atoms with Gasteiger partial charge in [0.15, 0.2) is 0 Å². The van der Waals surface area contributed by atoms with Gasteiger partial charge in [0.1, 0.15) is 0 Å². The highest BCUT2D eigenvalue weighted by atomic mass is 32.2. The molecule has 5 heteroatoms. The van der Waals surface area contributed by atoms with Crippen LogP contribution >= 0.6 is 0 Å². The third-order valence-electron chi connectivity index (χ3n) is 4.41. The van der Waals surface area contributed by atoms with Crippen molar-refractivity contribution < 1.29 is 8.42 Å². The molecule has 0 aliphatic heterocycles. The number of hydrogen-bond acceptors (Lipinski definition) is 3. The largest absolute Gasteiger partial charge is 0.384 e. The summed E-state index contributed by atoms with van der Waals surface area (Å²) >= 11 is 0. The minimum absolute atomic E-state index is 0.309. The minimum atomic E-state index is -3.33. The van der Waals surface area contributed by atoms with Crippen molar-refractivity contribution in [2.75, 3.05) is 18.9 Å². The van der Waals surface area contributed by atoms with Gasteiger partial charge in [-0.15, -0.1) is 0 Å². The molecule has 2 aliphatic carbocycles. The molecule has 4 nitrogen and oxygen atoms in total. The first-order valence-corrected chi connectivity index (χ1v) is 8.32. The van der Waals surface area contributed by atoms with Crippen molar-refractivity contribution in [3.05, 3.63) is 24.3 Å². The molecule has 3 rings (SSSR count). The van der Waals surface area contributed by atoms with Crippen LogP contribution in [0.1, 0.15) is 25.7 Å². The zero-order valence-corrected chi connectivity index (χ0v) is 12.0. The normalized spacial score (nSPS) is 21.1. The summed E-state index contributed by atoms with van der Waals surface area (Å²) in [5, 5.41) is 3.45. The highest BCUT2D eigenvalue weighted by Gasteiger charge is 2.53. The van der Waals surface area contributed by atoms with Gasteiger partial charge >= 0.3 is 0 Å². The van der Waals surface area contributed by atoms with E-state index in [2.05, 4.69) is 10.0 Å². The van der Waals surface area contributed by atoms with Crippen LogP contribution < -0.4 is 10.0 Å². The zero-order valence-electron chi connectivity index (χ0n) is 11.1. The molecule has 104 valence electrons. The smallest absolute Gasteiger partial charge is 0.240 e. The van der Waals surface area contributed by atoms with Gasteiger partial charge in [-0.1, -0.05) is 0 Å². The van der Waals surface area contributed by atoms with Gasteiger partial charge in [-0.05, 0) is 68.3 Å². The molecule has 0 amide bonds. The predicted octanol–water partition coefficient (Wildman–Crippen LogP) is 2.20. The molecule has 0 heterocycles. The first-order chi connectivity index (χ1) is 9.06. The Morgan fingerprint density at radius 3 is 2.32 bits per heavy atom. The highest BCUT2D eigenvalue weighted by molar-refractivity contribution is 7.89. The molecular weight excluding hydrogens is 260 g/mol. The Balaban J connectivity index is 1.63. The summed E-state index contributed by atoms with van der Waals surface area (Å²) in [5.74, 6) is 0.934. The van der Waals surface area contributed by atoms with E-state index in [9.17, 15) is 8.42 Å². The lowest BCUT2D eigenvalue weighted by molar-refractivity contribution is 0.467. The predicted molar refractivity (Wildman–Crippen MR) is 75.6 cm³/mol. The molecule has 0 spiro atoms. The van der Waals surface area contributed by atoms with E-state index in [0.29, 0.717) is 10.3 Å². The van der Waals surface area contributed by atoms with Crippen LogP contribution in [0.25, 0.3) is 0 Å². The molecule has 0 aromatic heterocycles. The Bertz CT molecular complexity index is 558. The number of hydrogen-bond donors (Lipinski definition) is 2. The number of benzene rings is 1. The molecule has 1 aromatic rings. The molecule has 1 aromatic carbocycles. The molecular formula is C14H20N2O2S. The molecule has 2 saturated carbocycles. The first kappa shape index (κ1) is 12.9. The topological polar surface area (TPSA) is 58.2 Å². The molecule has 0 atom stereocenters. The van der Waals surface area contributed by atoms with E-state index >= 15 is 0 Å². The second-order valence-corrected chi connectivity index (χ2v) is 7.61. The van der Waals surface area contributed by atoms with E-state index in [1.54, 1.807) is 12.1 Å². The standard InChI is InChI=1S/C14H20N2O2S/c1-15-19(17,18)13-6-4-12(5-7-13)16-10-14(8-9-14)11-2-3-11/h4-7,11,15-16H,2-3,8-10H2,1H3. The molecule has 0 bridgehead atoms. The SMILES string of the molecule is CNS(=O)(=O)c1ccc(NCC2(C3CC3)CC2)cc1. The highest BCUT2D eigenvalue weighted by Crippen LogP contribution is 2.61. The van der Waals surface area contributed by atoms with Crippen LogP contribution in [-0.2, 0) is 10.0 Å². The monoisotopic (exact) mass is 280 g/mol. The number of anilines is 1. The Kier molecular flexibility index (Phi) is 3.06. The summed E-state index contributed by atoms with van der Waals surface area (Å²) in [6, 6.07) is 6.97. The lowest BCUT2D eigenvalue weighted by atomic mass is 10.0. The van der Waals surface area contributed by atoms with E-state index in [0.717, 1.165) is 18.2 Å². The molecule has 2 aliphatic rings. The van der Waals surface area contributed by atoms with Crippen LogP contribution in [0.15, 0.2) is 29.2 Å². The third-order valence-corrected chi connectivity index (χ3v) is 5.84. The van der Waals surface area contributed by atoms with Crippen LogP contribution in [0.5, 0.6) is 0 Å². The van der Waals surface area contributed by atoms with E-state index in [-0.39, 0.29) is 0 Å². The van der Waals surface area contributed by atoms with Gasteiger partial charge in [0.2, 0.25) is 10.0 Å². The number of rotatable bonds is 6. The Labute approximate surface area is 114 Å². The van der Waals surface area contributed by atoms with E-state index in [4.69, 9.17) is 0 Å². The molecule has 0 unspecified atom stereocenters. The second kappa shape index (κ2) is 4.49. The van der Waals surface area contributed by atoms with Crippen LogP contribution in [0.3, 0.4) is 0 Å². The van der Waals surface area contributed by atoms with Crippen molar-refractivity contribution >= 4 is 15.7 Å².